The number of hydrogen-bond donors (Lipinski definition) is 1. The van der Waals surface area contributed by atoms with Crippen molar-refractivity contribution in [1.82, 2.24) is 5.32 Å². The third-order valence-electron chi connectivity index (χ3n) is 2.42. The SMILES string of the molecule is COc1ccc(CC2CNCO2)cc1. The van der Waals surface area contributed by atoms with Crippen LogP contribution in [0.5, 0.6) is 5.75 Å². The van der Waals surface area contributed by atoms with Gasteiger partial charge in [0, 0.05) is 6.54 Å². The van der Waals surface area contributed by atoms with Crippen LogP contribution in [0.4, 0.5) is 0 Å². The van der Waals surface area contributed by atoms with Crippen LogP contribution in [0.15, 0.2) is 24.3 Å². The second kappa shape index (κ2) is 4.44. The molecule has 76 valence electrons. The van der Waals surface area contributed by atoms with Gasteiger partial charge in [-0.15, -0.1) is 0 Å². The quantitative estimate of drug-likeness (QED) is 0.782. The zero-order valence-electron chi connectivity index (χ0n) is 8.32. The summed E-state index contributed by atoms with van der Waals surface area (Å²) in [5, 5.41) is 3.17. The highest BCUT2D eigenvalue weighted by Crippen LogP contribution is 2.14. The minimum absolute atomic E-state index is 0.323. The van der Waals surface area contributed by atoms with E-state index in [4.69, 9.17) is 9.47 Å². The summed E-state index contributed by atoms with van der Waals surface area (Å²) in [6, 6.07) is 8.14. The standard InChI is InChI=1S/C11H15NO2/c1-13-10-4-2-9(3-5-10)6-11-7-12-8-14-11/h2-5,11-12H,6-8H2,1H3. The normalized spacial score (nSPS) is 21.1. The predicted octanol–water partition coefficient (Wildman–Crippen LogP) is 1.18. The second-order valence-electron chi connectivity index (χ2n) is 3.44. The maximum Gasteiger partial charge on any atom is 0.118 e. The van der Waals surface area contributed by atoms with Crippen LogP contribution in [-0.4, -0.2) is 26.5 Å². The fourth-order valence-corrected chi connectivity index (χ4v) is 1.61. The van der Waals surface area contributed by atoms with Crippen molar-refractivity contribution in [3.8, 4) is 5.75 Å². The van der Waals surface area contributed by atoms with Crippen LogP contribution in [-0.2, 0) is 11.2 Å². The lowest BCUT2D eigenvalue weighted by atomic mass is 10.1. The van der Waals surface area contributed by atoms with E-state index in [0.29, 0.717) is 12.8 Å². The van der Waals surface area contributed by atoms with Crippen molar-refractivity contribution in [2.24, 2.45) is 0 Å². The first-order valence-corrected chi connectivity index (χ1v) is 4.84. The van der Waals surface area contributed by atoms with E-state index in [1.165, 1.54) is 5.56 Å². The summed E-state index contributed by atoms with van der Waals surface area (Å²) in [5.41, 5.74) is 1.29. The van der Waals surface area contributed by atoms with Gasteiger partial charge in [-0.1, -0.05) is 12.1 Å². The van der Waals surface area contributed by atoms with Crippen molar-refractivity contribution in [2.75, 3.05) is 20.4 Å². The van der Waals surface area contributed by atoms with E-state index >= 15 is 0 Å². The molecule has 3 heteroatoms. The molecule has 14 heavy (non-hydrogen) atoms. The highest BCUT2D eigenvalue weighted by Gasteiger charge is 2.14. The van der Waals surface area contributed by atoms with E-state index in [-0.39, 0.29) is 0 Å². The van der Waals surface area contributed by atoms with Gasteiger partial charge in [-0.3, -0.25) is 5.32 Å². The van der Waals surface area contributed by atoms with Gasteiger partial charge in [-0.2, -0.15) is 0 Å². The van der Waals surface area contributed by atoms with E-state index in [0.717, 1.165) is 18.7 Å². The van der Waals surface area contributed by atoms with Gasteiger partial charge < -0.3 is 9.47 Å². The van der Waals surface area contributed by atoms with Gasteiger partial charge in [-0.05, 0) is 24.1 Å². The Labute approximate surface area is 84.0 Å². The summed E-state index contributed by atoms with van der Waals surface area (Å²) in [6.07, 6.45) is 1.29. The number of rotatable bonds is 3. The van der Waals surface area contributed by atoms with Gasteiger partial charge in [0.25, 0.3) is 0 Å². The summed E-state index contributed by atoms with van der Waals surface area (Å²) >= 11 is 0. The molecule has 1 atom stereocenters. The van der Waals surface area contributed by atoms with Gasteiger partial charge in [0.05, 0.1) is 19.9 Å². The molecule has 1 unspecified atom stereocenters. The number of ether oxygens (including phenoxy) is 2. The van der Waals surface area contributed by atoms with Crippen LogP contribution in [0.1, 0.15) is 5.56 Å². The Morgan fingerprint density at radius 1 is 1.43 bits per heavy atom. The van der Waals surface area contributed by atoms with E-state index in [1.54, 1.807) is 7.11 Å². The second-order valence-corrected chi connectivity index (χ2v) is 3.44. The summed E-state index contributed by atoms with van der Waals surface area (Å²) in [6.45, 7) is 1.63. The van der Waals surface area contributed by atoms with Crippen LogP contribution in [0, 0.1) is 0 Å². The van der Waals surface area contributed by atoms with E-state index in [9.17, 15) is 0 Å². The molecule has 1 saturated heterocycles. The molecule has 0 bridgehead atoms. The molecule has 1 fully saturated rings. The maximum atomic E-state index is 5.47. The zero-order chi connectivity index (χ0) is 9.80. The van der Waals surface area contributed by atoms with Gasteiger partial charge >= 0.3 is 0 Å². The largest absolute Gasteiger partial charge is 0.497 e. The monoisotopic (exact) mass is 193 g/mol. The van der Waals surface area contributed by atoms with Crippen molar-refractivity contribution < 1.29 is 9.47 Å². The zero-order valence-corrected chi connectivity index (χ0v) is 8.32. The molecule has 1 heterocycles. The summed E-state index contributed by atoms with van der Waals surface area (Å²) in [7, 11) is 1.68. The highest BCUT2D eigenvalue weighted by molar-refractivity contribution is 5.27. The lowest BCUT2D eigenvalue weighted by Crippen LogP contribution is -2.16. The maximum absolute atomic E-state index is 5.47. The first-order chi connectivity index (χ1) is 6.88. The highest BCUT2D eigenvalue weighted by atomic mass is 16.5. The Balaban J connectivity index is 1.95. The molecule has 2 rings (SSSR count). The average Bonchev–Trinajstić information content (AvgIpc) is 2.72. The summed E-state index contributed by atoms with van der Waals surface area (Å²) in [4.78, 5) is 0. The van der Waals surface area contributed by atoms with E-state index in [2.05, 4.69) is 17.4 Å². The number of methoxy groups -OCH3 is 1. The third-order valence-corrected chi connectivity index (χ3v) is 2.42. The first-order valence-electron chi connectivity index (χ1n) is 4.84. The Morgan fingerprint density at radius 2 is 2.21 bits per heavy atom. The van der Waals surface area contributed by atoms with Gasteiger partial charge in [0.15, 0.2) is 0 Å². The van der Waals surface area contributed by atoms with Crippen LogP contribution in [0.25, 0.3) is 0 Å². The van der Waals surface area contributed by atoms with Crippen molar-refractivity contribution >= 4 is 0 Å². The molecule has 0 aromatic heterocycles. The number of nitrogens with one attached hydrogen (secondary N) is 1. The summed E-state index contributed by atoms with van der Waals surface area (Å²) < 4.78 is 10.6. The Bertz CT molecular complexity index is 278. The Hall–Kier alpha value is -1.06. The smallest absolute Gasteiger partial charge is 0.118 e. The molecule has 3 nitrogen and oxygen atoms in total. The van der Waals surface area contributed by atoms with Crippen molar-refractivity contribution in [1.29, 1.82) is 0 Å². The molecule has 1 aliphatic heterocycles. The summed E-state index contributed by atoms with van der Waals surface area (Å²) in [5.74, 6) is 0.902. The Morgan fingerprint density at radius 3 is 2.79 bits per heavy atom. The van der Waals surface area contributed by atoms with Crippen LogP contribution < -0.4 is 10.1 Å². The minimum atomic E-state index is 0.323. The topological polar surface area (TPSA) is 30.5 Å². The molecular weight excluding hydrogens is 178 g/mol. The number of benzene rings is 1. The lowest BCUT2D eigenvalue weighted by Gasteiger charge is -2.08. The van der Waals surface area contributed by atoms with Gasteiger partial charge in [-0.25, -0.2) is 0 Å². The van der Waals surface area contributed by atoms with Gasteiger partial charge in [0.2, 0.25) is 0 Å². The molecular formula is C11H15NO2. The van der Waals surface area contributed by atoms with Crippen molar-refractivity contribution in [3.05, 3.63) is 29.8 Å². The molecule has 1 aromatic carbocycles. The Kier molecular flexibility index (Phi) is 3.01. The molecule has 0 saturated carbocycles. The van der Waals surface area contributed by atoms with Crippen molar-refractivity contribution in [3.63, 3.8) is 0 Å². The average molecular weight is 193 g/mol. The fourth-order valence-electron chi connectivity index (χ4n) is 1.61. The molecule has 0 radical (unpaired) electrons. The van der Waals surface area contributed by atoms with E-state index in [1.807, 2.05) is 12.1 Å². The molecule has 1 aromatic rings. The first kappa shape index (κ1) is 9.49. The molecule has 0 aliphatic carbocycles. The van der Waals surface area contributed by atoms with Crippen molar-refractivity contribution in [2.45, 2.75) is 12.5 Å². The van der Waals surface area contributed by atoms with Gasteiger partial charge in [0.1, 0.15) is 5.75 Å². The lowest BCUT2D eigenvalue weighted by molar-refractivity contribution is 0.114. The molecule has 1 N–H and O–H groups in total. The third kappa shape index (κ3) is 2.25. The van der Waals surface area contributed by atoms with Crippen LogP contribution in [0.2, 0.25) is 0 Å². The van der Waals surface area contributed by atoms with Crippen LogP contribution in [0.3, 0.4) is 0 Å². The number of hydrogen-bond acceptors (Lipinski definition) is 3. The minimum Gasteiger partial charge on any atom is -0.497 e. The fraction of sp³-hybridized carbons (Fsp3) is 0.455. The molecule has 0 spiro atoms. The van der Waals surface area contributed by atoms with Crippen LogP contribution >= 0.6 is 0 Å². The molecule has 0 amide bonds. The van der Waals surface area contributed by atoms with E-state index < -0.39 is 0 Å². The predicted molar refractivity (Wildman–Crippen MR) is 54.4 cm³/mol. The molecule has 1 aliphatic rings.